The summed E-state index contributed by atoms with van der Waals surface area (Å²) in [4.78, 5) is 0. The summed E-state index contributed by atoms with van der Waals surface area (Å²) in [6.45, 7) is 93.5. The molecule has 826 valence electrons. The van der Waals surface area contributed by atoms with Crippen molar-refractivity contribution >= 4 is 0 Å². The summed E-state index contributed by atoms with van der Waals surface area (Å²) in [6.07, 6.45) is 95.4. The molecule has 0 N–H and O–H groups in total. The Morgan fingerprint density at radius 3 is 0.507 bits per heavy atom. The van der Waals surface area contributed by atoms with Crippen LogP contribution in [0.3, 0.4) is 0 Å². The third kappa shape index (κ3) is 190. The van der Waals surface area contributed by atoms with Crippen LogP contribution in [0.4, 0.5) is 0 Å². The molecule has 0 atom stereocenters. The molecule has 0 aliphatic carbocycles. The van der Waals surface area contributed by atoms with Gasteiger partial charge in [-0.05, 0) is 108 Å². The molecule has 0 unspecified atom stereocenters. The highest BCUT2D eigenvalue weighted by molar-refractivity contribution is 5.25. The zero-order chi connectivity index (χ0) is 107. The lowest BCUT2D eigenvalue weighted by molar-refractivity contribution is 0.135. The fourth-order valence-corrected chi connectivity index (χ4v) is 12.3. The van der Waals surface area contributed by atoms with Crippen molar-refractivity contribution in [3.05, 3.63) is 106 Å². The van der Waals surface area contributed by atoms with Crippen molar-refractivity contribution in [1.82, 2.24) is 0 Å². The standard InChI is InChI=1S/C12H26.C11H16.C11H24.C10H14.C10H22.C9H12.2C9H20.C8H18.2C7H16.C6H14O.2C6H14.2C5H12.C4H10/c1-3-5-7-9-11-12-10-8-6-4-2;1-4-10-5-7-11(8-6-10)9(2)3;1-3-5-7-9-11-10-8-6-4-2;1-3-9-5-7-10(4-2)8-6-9;1-3-5-7-9-10-8-6-4-2;1-3-9-6-4-8(2)5-7-9;1-5-7-8-9(3,4)6-2;1-3-5-7-9-8-6-4-2;1-3-5-7-8-6-4-2;1-5-7(3,4)6-2;2*1-3-5-7-6-4-2;1-4-6(3)5-2;1-3-5-6-4-2;1-4-5(2)3;1-3-5-4-2;1-3-4-2/h3-12H2,1-2H3;5-9H,4H2,1-3H3;3-11H2,1-2H3;5-8H,3-4H2,1-2H3;3-10H2,1-2H3;4-7H,3H2,1-2H3;5-8H2,1-4H3;3-9H2,1-2H3;3-8H2,1-2H3;5-6H2,1-4H3;3-7H2,1-2H3;3-6H2,1-2H3;6H,4-5H2,1-3H3;3-6H2,1-2H3;5H,4H2,1-3H3;3-5H2,1-2H3;3-4H2,1-2H3. The van der Waals surface area contributed by atoms with E-state index in [9.17, 15) is 0 Å². The van der Waals surface area contributed by atoms with E-state index >= 15 is 0 Å². The highest BCUT2D eigenvalue weighted by atomic mass is 16.5. The normalized spacial score (nSPS) is 10.1. The van der Waals surface area contributed by atoms with Crippen LogP contribution in [0.5, 0.6) is 0 Å². The molecule has 0 radical (unpaired) electrons. The van der Waals surface area contributed by atoms with E-state index < -0.39 is 0 Å². The minimum Gasteiger partial charge on any atom is -0.381 e. The van der Waals surface area contributed by atoms with Gasteiger partial charge in [-0.1, -0.05) is 753 Å². The molecule has 0 heterocycles. The van der Waals surface area contributed by atoms with Crippen LogP contribution in [0.25, 0.3) is 0 Å². The summed E-state index contributed by atoms with van der Waals surface area (Å²) in [5, 5.41) is 0. The topological polar surface area (TPSA) is 9.23 Å². The lowest BCUT2D eigenvalue weighted by atomic mass is 9.85. The maximum atomic E-state index is 5.13. The van der Waals surface area contributed by atoms with Gasteiger partial charge in [0.05, 0.1) is 0 Å². The first-order chi connectivity index (χ1) is 65.4. The Kier molecular flexibility index (Phi) is 191. The summed E-state index contributed by atoms with van der Waals surface area (Å²) in [5.41, 5.74) is 9.65. The number of hydrogen-bond acceptors (Lipinski definition) is 1. The van der Waals surface area contributed by atoms with Crippen LogP contribution in [-0.2, 0) is 30.4 Å². The Balaban J connectivity index is -0.0000000975. The van der Waals surface area contributed by atoms with Crippen molar-refractivity contribution in [3.8, 4) is 0 Å². The van der Waals surface area contributed by atoms with E-state index in [1.807, 2.05) is 0 Å². The Bertz CT molecular complexity index is 2110. The van der Waals surface area contributed by atoms with Crippen molar-refractivity contribution in [2.45, 2.75) is 733 Å². The summed E-state index contributed by atoms with van der Waals surface area (Å²) >= 11 is 0. The molecule has 3 aromatic rings. The molecule has 3 rings (SSSR count). The summed E-state index contributed by atoms with van der Waals surface area (Å²) < 4.78 is 5.13. The monoisotopic (exact) mass is 1920 g/mol. The van der Waals surface area contributed by atoms with Gasteiger partial charge in [0.1, 0.15) is 0 Å². The number of hydrogen-bond donors (Lipinski definition) is 0. The van der Waals surface area contributed by atoms with Gasteiger partial charge in [-0.2, -0.15) is 0 Å². The third-order valence-electron chi connectivity index (χ3n) is 25.6. The van der Waals surface area contributed by atoms with Gasteiger partial charge in [-0.15, -0.1) is 0 Å². The first-order valence-electron chi connectivity index (χ1n) is 62.2. The van der Waals surface area contributed by atoms with Gasteiger partial charge in [0.2, 0.25) is 0 Å². The zero-order valence-electron chi connectivity index (χ0n) is 104. The van der Waals surface area contributed by atoms with Crippen LogP contribution in [0, 0.1) is 29.6 Å². The maximum absolute atomic E-state index is 5.13. The molecule has 0 saturated carbocycles. The van der Waals surface area contributed by atoms with E-state index in [0.29, 0.717) is 16.7 Å². The molecule has 0 bridgehead atoms. The molecule has 1 nitrogen and oxygen atoms in total. The van der Waals surface area contributed by atoms with Gasteiger partial charge in [0, 0.05) is 13.2 Å². The van der Waals surface area contributed by atoms with E-state index in [2.05, 4.69) is 357 Å². The summed E-state index contributed by atoms with van der Waals surface area (Å²) in [7, 11) is 0. The Morgan fingerprint density at radius 2 is 0.375 bits per heavy atom. The van der Waals surface area contributed by atoms with Crippen LogP contribution in [0.2, 0.25) is 0 Å². The minimum absolute atomic E-state index is 0.583. The third-order valence-corrected chi connectivity index (χ3v) is 25.6. The molecular formula is C135H280O. The Morgan fingerprint density at radius 1 is 0.199 bits per heavy atom. The SMILES string of the molecule is CCC(C)(C)CC.CCC(C)C.CCC(C)CC.CCCC.CCCCC.CCCCC(C)(C)CC.CCCCCC.CCCCCCC.CCCCCCCC.CCCCCCCCC.CCCCCCCCCC.CCCCCCCCCCC.CCCCCCCCCCCC.CCCOCCC.CCc1ccc(C(C)C)cc1.CCc1ccc(C)cc1.CCc1ccc(CC)cc1. The van der Waals surface area contributed by atoms with Crippen LogP contribution < -0.4 is 0 Å². The van der Waals surface area contributed by atoms with Crippen molar-refractivity contribution < 1.29 is 4.74 Å². The predicted molar refractivity (Wildman–Crippen MR) is 651 cm³/mol. The molecule has 1 heteroatoms. The number of ether oxygens (including phenoxy) is 1. The van der Waals surface area contributed by atoms with Crippen LogP contribution in [0.15, 0.2) is 72.8 Å². The minimum atomic E-state index is 0.583. The highest BCUT2D eigenvalue weighted by Crippen LogP contribution is 2.27. The summed E-state index contributed by atoms with van der Waals surface area (Å²) in [5.74, 6) is 2.47. The molecular weight excluding hydrogens is 1640 g/mol. The second kappa shape index (κ2) is 158. The molecule has 0 fully saturated rings. The summed E-state index contributed by atoms with van der Waals surface area (Å²) in [6, 6.07) is 26.4. The zero-order valence-corrected chi connectivity index (χ0v) is 104. The van der Waals surface area contributed by atoms with Crippen LogP contribution >= 0.6 is 0 Å². The highest BCUT2D eigenvalue weighted by Gasteiger charge is 2.13. The molecule has 136 heavy (non-hydrogen) atoms. The van der Waals surface area contributed by atoms with E-state index in [1.54, 1.807) is 0 Å². The van der Waals surface area contributed by atoms with Gasteiger partial charge in [0.25, 0.3) is 0 Å². The predicted octanol–water partition coefficient (Wildman–Crippen LogP) is 51.8. The van der Waals surface area contributed by atoms with E-state index in [1.165, 1.54) is 438 Å². The molecule has 0 spiro atoms. The average Bonchev–Trinajstić information content (AvgIpc) is 0.901. The number of aryl methyl sites for hydroxylation is 5. The van der Waals surface area contributed by atoms with Crippen LogP contribution in [-0.4, -0.2) is 13.2 Å². The number of benzene rings is 3. The van der Waals surface area contributed by atoms with Gasteiger partial charge >= 0.3 is 0 Å². The number of rotatable bonds is 63. The van der Waals surface area contributed by atoms with Crippen LogP contribution in [0.1, 0.15) is 734 Å². The van der Waals surface area contributed by atoms with E-state index in [4.69, 9.17) is 4.74 Å². The van der Waals surface area contributed by atoms with Crippen molar-refractivity contribution in [2.75, 3.05) is 13.2 Å². The second-order valence-corrected chi connectivity index (χ2v) is 41.7. The first kappa shape index (κ1) is 164. The molecule has 3 aromatic carbocycles. The van der Waals surface area contributed by atoms with E-state index in [-0.39, 0.29) is 0 Å². The molecule has 0 aliphatic rings. The van der Waals surface area contributed by atoms with Gasteiger partial charge in [0.15, 0.2) is 0 Å². The fraction of sp³-hybridized carbons (Fsp3) is 0.867. The van der Waals surface area contributed by atoms with E-state index in [0.717, 1.165) is 63.6 Å². The Labute approximate surface area is 873 Å². The molecule has 0 saturated heterocycles. The van der Waals surface area contributed by atoms with Crippen molar-refractivity contribution in [2.24, 2.45) is 22.7 Å². The smallest absolute Gasteiger partial charge is 0.0463 e. The fourth-order valence-electron chi connectivity index (χ4n) is 12.3. The first-order valence-corrected chi connectivity index (χ1v) is 62.2. The molecule has 0 amide bonds. The largest absolute Gasteiger partial charge is 0.381 e. The molecule has 0 aliphatic heterocycles. The average molecular weight is 1920 g/mol. The maximum Gasteiger partial charge on any atom is 0.0463 e. The quantitative estimate of drug-likeness (QED) is 0.0512. The van der Waals surface area contributed by atoms with Gasteiger partial charge < -0.3 is 4.74 Å². The molecule has 0 aromatic heterocycles. The van der Waals surface area contributed by atoms with Gasteiger partial charge in [-0.3, -0.25) is 0 Å². The Hall–Kier alpha value is -2.38. The lowest BCUT2D eigenvalue weighted by Gasteiger charge is -2.21. The van der Waals surface area contributed by atoms with Crippen molar-refractivity contribution in [1.29, 1.82) is 0 Å². The van der Waals surface area contributed by atoms with Crippen molar-refractivity contribution in [3.63, 3.8) is 0 Å². The van der Waals surface area contributed by atoms with Gasteiger partial charge in [-0.25, -0.2) is 0 Å². The number of unbranched alkanes of at least 4 members (excludes halogenated alkanes) is 46. The second-order valence-electron chi connectivity index (χ2n) is 41.7. The lowest BCUT2D eigenvalue weighted by Crippen LogP contribution is -2.08.